The fourth-order valence-corrected chi connectivity index (χ4v) is 4.78. The molecule has 0 amide bonds. The van der Waals surface area contributed by atoms with Gasteiger partial charge in [0.2, 0.25) is 0 Å². The number of hydrogen-bond donors (Lipinski definition) is 0. The van der Waals surface area contributed by atoms with E-state index in [0.717, 1.165) is 23.7 Å². The molecule has 0 heterocycles. The average Bonchev–Trinajstić information content (AvgIpc) is 2.84. The van der Waals surface area contributed by atoms with E-state index in [1.807, 2.05) is 0 Å². The van der Waals surface area contributed by atoms with Gasteiger partial charge in [-0.1, -0.05) is 67.2 Å². The summed E-state index contributed by atoms with van der Waals surface area (Å²) in [5.74, 6) is 3.78. The third kappa shape index (κ3) is 3.99. The summed E-state index contributed by atoms with van der Waals surface area (Å²) in [6, 6.07) is 0. The van der Waals surface area contributed by atoms with E-state index in [4.69, 9.17) is 0 Å². The Morgan fingerprint density at radius 2 is 1.74 bits per heavy atom. The lowest BCUT2D eigenvalue weighted by atomic mass is 9.61. The molecule has 1 aliphatic rings. The first kappa shape index (κ1) is 17.1. The van der Waals surface area contributed by atoms with Crippen molar-refractivity contribution in [2.24, 2.45) is 29.1 Å². The molecule has 1 fully saturated rings. The highest BCUT2D eigenvalue weighted by atomic mass is 14.5. The molecule has 1 saturated carbocycles. The Hall–Kier alpha value is 0. The maximum atomic E-state index is 2.49. The molecule has 0 aromatic carbocycles. The van der Waals surface area contributed by atoms with E-state index < -0.39 is 0 Å². The number of hydrogen-bond acceptors (Lipinski definition) is 0. The zero-order chi connectivity index (χ0) is 14.5. The fourth-order valence-electron chi connectivity index (χ4n) is 4.78. The minimum absolute atomic E-state index is 0.623. The zero-order valence-corrected chi connectivity index (χ0v) is 14.5. The van der Waals surface area contributed by atoms with Crippen LogP contribution in [-0.2, 0) is 0 Å². The molecule has 0 saturated heterocycles. The average molecular weight is 267 g/mol. The maximum Gasteiger partial charge on any atom is -0.0246 e. The van der Waals surface area contributed by atoms with E-state index in [0.29, 0.717) is 5.41 Å². The van der Waals surface area contributed by atoms with Gasteiger partial charge >= 0.3 is 0 Å². The van der Waals surface area contributed by atoms with Gasteiger partial charge in [-0.2, -0.15) is 0 Å². The molecule has 4 atom stereocenters. The van der Waals surface area contributed by atoms with Crippen LogP contribution in [0.15, 0.2) is 0 Å². The van der Waals surface area contributed by atoms with Gasteiger partial charge in [0.05, 0.1) is 0 Å². The maximum absolute atomic E-state index is 2.49. The van der Waals surface area contributed by atoms with Crippen LogP contribution in [0, 0.1) is 29.1 Å². The summed E-state index contributed by atoms with van der Waals surface area (Å²) in [6.07, 6.45) is 11.6. The molecule has 0 N–H and O–H groups in total. The fraction of sp³-hybridized carbons (Fsp3) is 1.00. The van der Waals surface area contributed by atoms with Crippen LogP contribution in [0.1, 0.15) is 92.9 Å². The third-order valence-electron chi connectivity index (χ3n) is 6.28. The molecule has 0 bridgehead atoms. The quantitative estimate of drug-likeness (QED) is 0.459. The topological polar surface area (TPSA) is 0 Å². The highest BCUT2D eigenvalue weighted by molar-refractivity contribution is 4.93. The lowest BCUT2D eigenvalue weighted by Gasteiger charge is -2.44. The Kier molecular flexibility index (Phi) is 6.91. The van der Waals surface area contributed by atoms with Crippen molar-refractivity contribution in [1.29, 1.82) is 0 Å². The SMILES string of the molecule is CCCC1CCC(C(CC)(CC(C)CC)C(C)C)C1. The van der Waals surface area contributed by atoms with Gasteiger partial charge in [-0.3, -0.25) is 0 Å². The Labute approximate surface area is 122 Å². The van der Waals surface area contributed by atoms with E-state index >= 15 is 0 Å². The van der Waals surface area contributed by atoms with Gasteiger partial charge in [0.1, 0.15) is 0 Å². The summed E-state index contributed by atoms with van der Waals surface area (Å²) >= 11 is 0. The van der Waals surface area contributed by atoms with Crippen LogP contribution in [-0.4, -0.2) is 0 Å². The molecule has 0 nitrogen and oxygen atoms in total. The van der Waals surface area contributed by atoms with Crippen LogP contribution in [0.3, 0.4) is 0 Å². The van der Waals surface area contributed by atoms with Gasteiger partial charge in [-0.15, -0.1) is 0 Å². The van der Waals surface area contributed by atoms with Crippen LogP contribution >= 0.6 is 0 Å². The molecule has 4 unspecified atom stereocenters. The predicted octanol–water partition coefficient (Wildman–Crippen LogP) is 6.69. The van der Waals surface area contributed by atoms with Gasteiger partial charge in [0.25, 0.3) is 0 Å². The molecular weight excluding hydrogens is 228 g/mol. The normalized spacial score (nSPS) is 28.6. The highest BCUT2D eigenvalue weighted by Gasteiger charge is 2.43. The zero-order valence-electron chi connectivity index (χ0n) is 14.5. The van der Waals surface area contributed by atoms with Gasteiger partial charge < -0.3 is 0 Å². The second-order valence-electron chi connectivity index (χ2n) is 7.62. The Morgan fingerprint density at radius 3 is 2.21 bits per heavy atom. The monoisotopic (exact) mass is 266 g/mol. The summed E-state index contributed by atoms with van der Waals surface area (Å²) < 4.78 is 0. The molecule has 0 aromatic heterocycles. The number of rotatable bonds is 8. The standard InChI is InChI=1S/C19H38/c1-7-10-17-11-12-18(13-17)19(9-3,15(4)5)14-16(6)8-2/h15-18H,7-14H2,1-6H3. The first-order valence-corrected chi connectivity index (χ1v) is 9.00. The van der Waals surface area contributed by atoms with E-state index in [9.17, 15) is 0 Å². The van der Waals surface area contributed by atoms with Crippen molar-refractivity contribution in [3.8, 4) is 0 Å². The molecule has 0 aliphatic heterocycles. The third-order valence-corrected chi connectivity index (χ3v) is 6.28. The van der Waals surface area contributed by atoms with E-state index in [2.05, 4.69) is 41.5 Å². The van der Waals surface area contributed by atoms with Crippen molar-refractivity contribution < 1.29 is 0 Å². The summed E-state index contributed by atoms with van der Waals surface area (Å²) in [5, 5.41) is 0. The van der Waals surface area contributed by atoms with E-state index in [1.54, 1.807) is 0 Å². The minimum Gasteiger partial charge on any atom is -0.0654 e. The van der Waals surface area contributed by atoms with Crippen molar-refractivity contribution in [2.75, 3.05) is 0 Å². The molecule has 1 rings (SSSR count). The highest BCUT2D eigenvalue weighted by Crippen LogP contribution is 2.53. The Morgan fingerprint density at radius 1 is 1.05 bits per heavy atom. The van der Waals surface area contributed by atoms with E-state index in [-0.39, 0.29) is 0 Å². The van der Waals surface area contributed by atoms with Gasteiger partial charge in [-0.05, 0) is 54.8 Å². The largest absolute Gasteiger partial charge is 0.0654 e. The van der Waals surface area contributed by atoms with Crippen LogP contribution in [0.5, 0.6) is 0 Å². The molecule has 0 radical (unpaired) electrons. The predicted molar refractivity (Wildman–Crippen MR) is 87.4 cm³/mol. The van der Waals surface area contributed by atoms with Gasteiger partial charge in [-0.25, -0.2) is 0 Å². The second kappa shape index (κ2) is 7.70. The van der Waals surface area contributed by atoms with Crippen LogP contribution in [0.25, 0.3) is 0 Å². The molecule has 19 heavy (non-hydrogen) atoms. The molecule has 1 aliphatic carbocycles. The lowest BCUT2D eigenvalue weighted by molar-refractivity contribution is 0.0517. The lowest BCUT2D eigenvalue weighted by Crippen LogP contribution is -2.36. The molecule has 0 aromatic rings. The summed E-state index contributed by atoms with van der Waals surface area (Å²) in [4.78, 5) is 0. The van der Waals surface area contributed by atoms with Crippen molar-refractivity contribution in [3.63, 3.8) is 0 Å². The second-order valence-corrected chi connectivity index (χ2v) is 7.62. The van der Waals surface area contributed by atoms with E-state index in [1.165, 1.54) is 51.4 Å². The van der Waals surface area contributed by atoms with Crippen LogP contribution in [0.4, 0.5) is 0 Å². The van der Waals surface area contributed by atoms with Gasteiger partial charge in [0.15, 0.2) is 0 Å². The summed E-state index contributed by atoms with van der Waals surface area (Å²) in [7, 11) is 0. The smallest absolute Gasteiger partial charge is 0.0246 e. The molecular formula is C19H38. The molecule has 0 heteroatoms. The van der Waals surface area contributed by atoms with Crippen molar-refractivity contribution in [2.45, 2.75) is 92.9 Å². The molecule has 0 spiro atoms. The molecule has 114 valence electrons. The Balaban J connectivity index is 2.79. The summed E-state index contributed by atoms with van der Waals surface area (Å²) in [6.45, 7) is 14.6. The van der Waals surface area contributed by atoms with Gasteiger partial charge in [0, 0.05) is 0 Å². The van der Waals surface area contributed by atoms with Crippen molar-refractivity contribution in [1.82, 2.24) is 0 Å². The van der Waals surface area contributed by atoms with Crippen LogP contribution < -0.4 is 0 Å². The van der Waals surface area contributed by atoms with Crippen molar-refractivity contribution in [3.05, 3.63) is 0 Å². The van der Waals surface area contributed by atoms with Crippen molar-refractivity contribution >= 4 is 0 Å². The van der Waals surface area contributed by atoms with Crippen LogP contribution in [0.2, 0.25) is 0 Å². The first-order valence-electron chi connectivity index (χ1n) is 9.00. The first-order chi connectivity index (χ1) is 9.00. The minimum atomic E-state index is 0.623. The Bertz CT molecular complexity index is 242. The summed E-state index contributed by atoms with van der Waals surface area (Å²) in [5.41, 5.74) is 0.623.